The van der Waals surface area contributed by atoms with E-state index in [2.05, 4.69) is 23.2 Å². The third kappa shape index (κ3) is 1.84. The lowest BCUT2D eigenvalue weighted by molar-refractivity contribution is 0.347. The highest BCUT2D eigenvalue weighted by Crippen LogP contribution is 2.38. The van der Waals surface area contributed by atoms with E-state index in [1.54, 1.807) is 0 Å². The molecule has 3 nitrogen and oxygen atoms in total. The van der Waals surface area contributed by atoms with Crippen molar-refractivity contribution in [2.75, 3.05) is 13.2 Å². The van der Waals surface area contributed by atoms with E-state index in [1.165, 1.54) is 18.4 Å². The molecule has 17 heavy (non-hydrogen) atoms. The zero-order valence-electron chi connectivity index (χ0n) is 9.98. The largest absolute Gasteiger partial charge is 0.476 e. The van der Waals surface area contributed by atoms with Crippen molar-refractivity contribution in [1.29, 1.82) is 0 Å². The predicted octanol–water partition coefficient (Wildman–Crippen LogP) is 2.19. The first-order valence-corrected chi connectivity index (χ1v) is 6.36. The predicted molar refractivity (Wildman–Crippen MR) is 68.1 cm³/mol. The number of aliphatic imine (C=N–C) groups is 1. The van der Waals surface area contributed by atoms with Crippen molar-refractivity contribution in [1.82, 2.24) is 0 Å². The van der Waals surface area contributed by atoms with Gasteiger partial charge in [-0.2, -0.15) is 0 Å². The fourth-order valence-corrected chi connectivity index (χ4v) is 2.88. The van der Waals surface area contributed by atoms with Crippen LogP contribution >= 0.6 is 0 Å². The molecule has 0 saturated heterocycles. The van der Waals surface area contributed by atoms with E-state index in [4.69, 9.17) is 10.5 Å². The minimum absolute atomic E-state index is 0.176. The number of nitrogens with two attached hydrogens (primary N) is 1. The molecule has 1 saturated carbocycles. The first kappa shape index (κ1) is 10.8. The minimum atomic E-state index is -0.176. The summed E-state index contributed by atoms with van der Waals surface area (Å²) in [6.07, 6.45) is 4.57. The van der Waals surface area contributed by atoms with E-state index in [0.29, 0.717) is 6.61 Å². The molecule has 2 aliphatic rings. The highest BCUT2D eigenvalue weighted by atomic mass is 16.5. The van der Waals surface area contributed by atoms with Crippen LogP contribution in [0.25, 0.3) is 0 Å². The van der Waals surface area contributed by atoms with Gasteiger partial charge in [-0.05, 0) is 24.5 Å². The molecule has 3 heteroatoms. The Morgan fingerprint density at radius 3 is 2.65 bits per heavy atom. The molecule has 3 rings (SSSR count). The van der Waals surface area contributed by atoms with Gasteiger partial charge >= 0.3 is 0 Å². The van der Waals surface area contributed by atoms with Crippen LogP contribution in [0.4, 0.5) is 0 Å². The highest BCUT2D eigenvalue weighted by Gasteiger charge is 2.34. The first-order valence-electron chi connectivity index (χ1n) is 6.36. The van der Waals surface area contributed by atoms with Crippen LogP contribution in [-0.4, -0.2) is 19.0 Å². The molecule has 2 N–H and O–H groups in total. The lowest BCUT2D eigenvalue weighted by atomic mass is 9.86. The molecule has 0 bridgehead atoms. The summed E-state index contributed by atoms with van der Waals surface area (Å²) in [6.45, 7) is 1.46. The second-order valence-corrected chi connectivity index (χ2v) is 4.94. The quantitative estimate of drug-likeness (QED) is 0.846. The maximum Gasteiger partial charge on any atom is 0.216 e. The molecule has 1 aromatic carbocycles. The molecule has 1 aliphatic heterocycles. The average molecular weight is 230 g/mol. The number of hydrogen-bond donors (Lipinski definition) is 1. The number of nitrogens with zero attached hydrogens (tertiary/aromatic N) is 1. The van der Waals surface area contributed by atoms with Crippen LogP contribution < -0.4 is 5.73 Å². The van der Waals surface area contributed by atoms with Crippen LogP contribution in [-0.2, 0) is 10.3 Å². The average Bonchev–Trinajstić information content (AvgIpc) is 3.00. The third-order valence-electron chi connectivity index (χ3n) is 3.78. The van der Waals surface area contributed by atoms with Crippen molar-refractivity contribution in [2.24, 2.45) is 10.7 Å². The molecule has 90 valence electrons. The lowest BCUT2D eigenvalue weighted by Crippen LogP contribution is -2.35. The molecule has 0 radical (unpaired) electrons. The van der Waals surface area contributed by atoms with Gasteiger partial charge in [0.05, 0.1) is 6.54 Å². The van der Waals surface area contributed by atoms with E-state index in [9.17, 15) is 0 Å². The zero-order valence-corrected chi connectivity index (χ0v) is 9.98. The van der Waals surface area contributed by atoms with Crippen molar-refractivity contribution < 1.29 is 4.74 Å². The Labute approximate surface area is 102 Å². The maximum atomic E-state index is 6.54. The first-order chi connectivity index (χ1) is 8.30. The van der Waals surface area contributed by atoms with Gasteiger partial charge in [0.1, 0.15) is 6.61 Å². The molecule has 1 fully saturated rings. The number of rotatable bonds is 2. The molecule has 1 aliphatic carbocycles. The molecule has 0 unspecified atom stereocenters. The van der Waals surface area contributed by atoms with Crippen LogP contribution in [0.15, 0.2) is 29.3 Å². The Bertz CT molecular complexity index is 447. The lowest BCUT2D eigenvalue weighted by Gasteiger charge is -2.26. The van der Waals surface area contributed by atoms with Gasteiger partial charge in [0.2, 0.25) is 5.90 Å². The summed E-state index contributed by atoms with van der Waals surface area (Å²) in [5.41, 5.74) is 8.66. The second-order valence-electron chi connectivity index (χ2n) is 4.94. The van der Waals surface area contributed by atoms with Crippen molar-refractivity contribution >= 4 is 5.90 Å². The molecule has 1 heterocycles. The van der Waals surface area contributed by atoms with Crippen molar-refractivity contribution in [3.63, 3.8) is 0 Å². The van der Waals surface area contributed by atoms with E-state index in [1.807, 2.05) is 6.07 Å². The summed E-state index contributed by atoms with van der Waals surface area (Å²) in [4.78, 5) is 4.41. The third-order valence-corrected chi connectivity index (χ3v) is 3.78. The van der Waals surface area contributed by atoms with Gasteiger partial charge in [0.15, 0.2) is 0 Å². The summed E-state index contributed by atoms with van der Waals surface area (Å²) in [7, 11) is 0. The summed E-state index contributed by atoms with van der Waals surface area (Å²) in [5, 5.41) is 0. The fourth-order valence-electron chi connectivity index (χ4n) is 2.88. The van der Waals surface area contributed by atoms with Gasteiger partial charge in [-0.25, -0.2) is 4.99 Å². The molecule has 0 spiro atoms. The molecule has 0 atom stereocenters. The molecule has 1 aromatic rings. The van der Waals surface area contributed by atoms with Crippen LogP contribution in [0.3, 0.4) is 0 Å². The van der Waals surface area contributed by atoms with Crippen LogP contribution in [0.5, 0.6) is 0 Å². The zero-order chi connectivity index (χ0) is 11.7. The van der Waals surface area contributed by atoms with E-state index < -0.39 is 0 Å². The summed E-state index contributed by atoms with van der Waals surface area (Å²) < 4.78 is 5.58. The maximum absolute atomic E-state index is 6.54. The fraction of sp³-hybridized carbons (Fsp3) is 0.500. The number of benzene rings is 1. The minimum Gasteiger partial charge on any atom is -0.476 e. The van der Waals surface area contributed by atoms with Crippen LogP contribution in [0.1, 0.15) is 36.8 Å². The molecular formula is C14H18N2O. The highest BCUT2D eigenvalue weighted by molar-refractivity contribution is 5.96. The Morgan fingerprint density at radius 2 is 1.94 bits per heavy atom. The Kier molecular flexibility index (Phi) is 2.63. The molecule has 0 aromatic heterocycles. The SMILES string of the molecule is NC1(c2ccccc2C2=NCCO2)CCCC1. The number of hydrogen-bond acceptors (Lipinski definition) is 3. The van der Waals surface area contributed by atoms with Gasteiger partial charge in [0, 0.05) is 11.1 Å². The van der Waals surface area contributed by atoms with Crippen LogP contribution in [0.2, 0.25) is 0 Å². The Balaban J connectivity index is 2.04. The van der Waals surface area contributed by atoms with Crippen molar-refractivity contribution in [3.05, 3.63) is 35.4 Å². The van der Waals surface area contributed by atoms with E-state index in [-0.39, 0.29) is 5.54 Å². The molecule has 0 amide bonds. The van der Waals surface area contributed by atoms with Gasteiger partial charge < -0.3 is 10.5 Å². The van der Waals surface area contributed by atoms with Gasteiger partial charge in [-0.1, -0.05) is 31.0 Å². The molecular weight excluding hydrogens is 212 g/mol. The topological polar surface area (TPSA) is 47.6 Å². The summed E-state index contributed by atoms with van der Waals surface area (Å²) in [6, 6.07) is 8.29. The smallest absolute Gasteiger partial charge is 0.216 e. The Hall–Kier alpha value is -1.35. The van der Waals surface area contributed by atoms with E-state index >= 15 is 0 Å². The van der Waals surface area contributed by atoms with Crippen molar-refractivity contribution in [3.8, 4) is 0 Å². The monoisotopic (exact) mass is 230 g/mol. The summed E-state index contributed by atoms with van der Waals surface area (Å²) in [5.74, 6) is 0.775. The van der Waals surface area contributed by atoms with Gasteiger partial charge in [-0.3, -0.25) is 0 Å². The normalized spacial score (nSPS) is 22.3. The van der Waals surface area contributed by atoms with Gasteiger partial charge in [0.25, 0.3) is 0 Å². The summed E-state index contributed by atoms with van der Waals surface area (Å²) >= 11 is 0. The number of ether oxygens (including phenoxy) is 1. The van der Waals surface area contributed by atoms with E-state index in [0.717, 1.165) is 30.8 Å². The Morgan fingerprint density at radius 1 is 1.18 bits per heavy atom. The van der Waals surface area contributed by atoms with Crippen molar-refractivity contribution in [2.45, 2.75) is 31.2 Å². The second kappa shape index (κ2) is 4.15. The standard InChI is InChI=1S/C14H18N2O/c15-14(7-3-4-8-14)12-6-2-1-5-11(12)13-16-9-10-17-13/h1-2,5-6H,3-4,7-10,15H2. The van der Waals surface area contributed by atoms with Crippen LogP contribution in [0, 0.1) is 0 Å². The van der Waals surface area contributed by atoms with Gasteiger partial charge in [-0.15, -0.1) is 0 Å².